The second-order valence-corrected chi connectivity index (χ2v) is 3.27. The molecule has 5 heteroatoms. The molecule has 0 spiro atoms. The Bertz CT molecular complexity index is 386. The Morgan fingerprint density at radius 3 is 2.29 bits per heavy atom. The number of rotatable bonds is 5. The van der Waals surface area contributed by atoms with Crippen LogP contribution in [0.5, 0.6) is 0 Å². The fraction of sp³-hybridized carbons (Fsp3) is 0.333. The minimum Gasteiger partial charge on any atom is -0.466 e. The largest absolute Gasteiger partial charge is 0.466 e. The topological polar surface area (TPSA) is 52.6 Å². The highest BCUT2D eigenvalue weighted by molar-refractivity contribution is 5.91. The molecule has 1 aromatic carbocycles. The van der Waals surface area contributed by atoms with E-state index in [1.807, 2.05) is 0 Å². The molecule has 0 amide bonds. The normalized spacial score (nSPS) is 9.76. The van der Waals surface area contributed by atoms with Crippen molar-refractivity contribution >= 4 is 11.9 Å². The smallest absolute Gasteiger partial charge is 0.317 e. The highest BCUT2D eigenvalue weighted by Gasteiger charge is 2.11. The molecular formula is C12H13FO4. The van der Waals surface area contributed by atoms with Gasteiger partial charge in [-0.15, -0.1) is 0 Å². The van der Waals surface area contributed by atoms with E-state index >= 15 is 0 Å². The molecule has 0 saturated carbocycles. The van der Waals surface area contributed by atoms with Crippen molar-refractivity contribution in [3.63, 3.8) is 0 Å². The van der Waals surface area contributed by atoms with Crippen LogP contribution in [0, 0.1) is 5.82 Å². The Morgan fingerprint density at radius 1 is 1.12 bits per heavy atom. The maximum atomic E-state index is 12.6. The highest BCUT2D eigenvalue weighted by Crippen LogP contribution is 2.05. The predicted molar refractivity (Wildman–Crippen MR) is 57.4 cm³/mol. The predicted octanol–water partition coefficient (Wildman–Crippen LogP) is 1.82. The molecule has 0 bridgehead atoms. The Balaban J connectivity index is 2.33. The fourth-order valence-electron chi connectivity index (χ4n) is 1.13. The maximum absolute atomic E-state index is 12.6. The van der Waals surface area contributed by atoms with Gasteiger partial charge in [0.1, 0.15) is 18.8 Å². The van der Waals surface area contributed by atoms with Crippen molar-refractivity contribution in [2.24, 2.45) is 0 Å². The average Bonchev–Trinajstić information content (AvgIpc) is 2.28. The third kappa shape index (κ3) is 5.10. The van der Waals surface area contributed by atoms with Crippen LogP contribution in [0.1, 0.15) is 18.9 Å². The van der Waals surface area contributed by atoms with Gasteiger partial charge in [0.15, 0.2) is 0 Å². The van der Waals surface area contributed by atoms with Crippen molar-refractivity contribution in [1.29, 1.82) is 0 Å². The lowest BCUT2D eigenvalue weighted by atomic mass is 10.2. The van der Waals surface area contributed by atoms with E-state index in [0.717, 1.165) is 0 Å². The standard InChI is InChI=1S/C12H13FO4/c1-2-16-11(14)7-12(15)17-8-9-3-5-10(13)6-4-9/h3-6H,2,7-8H2,1H3. The molecule has 0 N–H and O–H groups in total. The second-order valence-electron chi connectivity index (χ2n) is 3.27. The third-order valence-corrected chi connectivity index (χ3v) is 1.91. The molecule has 0 saturated heterocycles. The maximum Gasteiger partial charge on any atom is 0.317 e. The minimum atomic E-state index is -0.659. The van der Waals surface area contributed by atoms with Crippen LogP contribution >= 0.6 is 0 Å². The Morgan fingerprint density at radius 2 is 1.71 bits per heavy atom. The zero-order valence-corrected chi connectivity index (χ0v) is 9.44. The molecule has 4 nitrogen and oxygen atoms in total. The van der Waals surface area contributed by atoms with Crippen LogP contribution in [0.4, 0.5) is 4.39 Å². The van der Waals surface area contributed by atoms with Gasteiger partial charge in [0.25, 0.3) is 0 Å². The van der Waals surface area contributed by atoms with Gasteiger partial charge in [0.05, 0.1) is 6.61 Å². The first-order valence-electron chi connectivity index (χ1n) is 5.17. The summed E-state index contributed by atoms with van der Waals surface area (Å²) in [5, 5.41) is 0. The number of benzene rings is 1. The van der Waals surface area contributed by atoms with Gasteiger partial charge in [0.2, 0.25) is 0 Å². The first kappa shape index (κ1) is 13.2. The number of hydrogen-bond acceptors (Lipinski definition) is 4. The van der Waals surface area contributed by atoms with E-state index in [-0.39, 0.29) is 19.0 Å². The second kappa shape index (κ2) is 6.62. The van der Waals surface area contributed by atoms with Gasteiger partial charge in [-0.05, 0) is 24.6 Å². The van der Waals surface area contributed by atoms with Gasteiger partial charge in [-0.1, -0.05) is 12.1 Å². The van der Waals surface area contributed by atoms with E-state index in [4.69, 9.17) is 4.74 Å². The summed E-state index contributed by atoms with van der Waals surface area (Å²) in [5.74, 6) is -1.63. The van der Waals surface area contributed by atoms with Crippen LogP contribution in [0.2, 0.25) is 0 Å². The monoisotopic (exact) mass is 240 g/mol. The number of carbonyl (C=O) groups is 2. The van der Waals surface area contributed by atoms with Crippen LogP contribution in [-0.2, 0) is 25.7 Å². The van der Waals surface area contributed by atoms with Crippen molar-refractivity contribution < 1.29 is 23.5 Å². The number of hydrogen-bond donors (Lipinski definition) is 0. The summed E-state index contributed by atoms with van der Waals surface area (Å²) < 4.78 is 22.0. The Labute approximate surface area is 98.3 Å². The molecule has 1 aromatic rings. The summed E-state index contributed by atoms with van der Waals surface area (Å²) in [7, 11) is 0. The molecule has 17 heavy (non-hydrogen) atoms. The quantitative estimate of drug-likeness (QED) is 0.582. The van der Waals surface area contributed by atoms with E-state index in [1.165, 1.54) is 24.3 Å². The molecule has 0 aromatic heterocycles. The van der Waals surface area contributed by atoms with Gasteiger partial charge in [-0.25, -0.2) is 4.39 Å². The minimum absolute atomic E-state index is 0.0124. The van der Waals surface area contributed by atoms with Crippen molar-refractivity contribution in [3.8, 4) is 0 Å². The Hall–Kier alpha value is -1.91. The fourth-order valence-corrected chi connectivity index (χ4v) is 1.13. The summed E-state index contributed by atoms with van der Waals surface area (Å²) >= 11 is 0. The zero-order valence-electron chi connectivity index (χ0n) is 9.44. The van der Waals surface area contributed by atoms with E-state index in [2.05, 4.69) is 4.74 Å². The van der Waals surface area contributed by atoms with Crippen molar-refractivity contribution in [3.05, 3.63) is 35.6 Å². The molecule has 0 aliphatic heterocycles. The third-order valence-electron chi connectivity index (χ3n) is 1.91. The van der Waals surface area contributed by atoms with Gasteiger partial charge in [0, 0.05) is 0 Å². The molecule has 0 fully saturated rings. The van der Waals surface area contributed by atoms with Crippen molar-refractivity contribution in [2.75, 3.05) is 6.61 Å². The summed E-state index contributed by atoms with van der Waals surface area (Å²) in [5.41, 5.74) is 0.656. The molecule has 0 atom stereocenters. The van der Waals surface area contributed by atoms with Gasteiger partial charge >= 0.3 is 11.9 Å². The lowest BCUT2D eigenvalue weighted by molar-refractivity contribution is -0.155. The summed E-state index contributed by atoms with van der Waals surface area (Å²) in [6.45, 7) is 1.89. The lowest BCUT2D eigenvalue weighted by Crippen LogP contribution is -2.13. The molecule has 0 radical (unpaired) electrons. The number of esters is 2. The molecule has 1 rings (SSSR count). The summed E-state index contributed by atoms with van der Waals surface area (Å²) in [6.07, 6.45) is -0.408. The van der Waals surface area contributed by atoms with Gasteiger partial charge < -0.3 is 9.47 Å². The van der Waals surface area contributed by atoms with Crippen LogP contribution in [0.3, 0.4) is 0 Å². The van der Waals surface area contributed by atoms with Gasteiger partial charge in [-0.3, -0.25) is 9.59 Å². The average molecular weight is 240 g/mol. The SMILES string of the molecule is CCOC(=O)CC(=O)OCc1ccc(F)cc1. The molecule has 0 aliphatic rings. The van der Waals surface area contributed by atoms with Crippen molar-refractivity contribution in [1.82, 2.24) is 0 Å². The van der Waals surface area contributed by atoms with Crippen LogP contribution in [-0.4, -0.2) is 18.5 Å². The highest BCUT2D eigenvalue weighted by atomic mass is 19.1. The molecule has 92 valence electrons. The lowest BCUT2D eigenvalue weighted by Gasteiger charge is -2.04. The molecule has 0 aliphatic carbocycles. The molecule has 0 unspecified atom stereocenters. The van der Waals surface area contributed by atoms with E-state index in [9.17, 15) is 14.0 Å². The van der Waals surface area contributed by atoms with Crippen LogP contribution in [0.15, 0.2) is 24.3 Å². The number of carbonyl (C=O) groups excluding carboxylic acids is 2. The zero-order chi connectivity index (χ0) is 12.7. The summed E-state index contributed by atoms with van der Waals surface area (Å²) in [4.78, 5) is 22.1. The summed E-state index contributed by atoms with van der Waals surface area (Å²) in [6, 6.07) is 5.56. The van der Waals surface area contributed by atoms with E-state index in [0.29, 0.717) is 5.56 Å². The van der Waals surface area contributed by atoms with E-state index in [1.54, 1.807) is 6.92 Å². The van der Waals surface area contributed by atoms with Gasteiger partial charge in [-0.2, -0.15) is 0 Å². The molecular weight excluding hydrogens is 227 g/mol. The van der Waals surface area contributed by atoms with Crippen molar-refractivity contribution in [2.45, 2.75) is 20.0 Å². The van der Waals surface area contributed by atoms with Crippen LogP contribution < -0.4 is 0 Å². The number of halogens is 1. The first-order valence-corrected chi connectivity index (χ1v) is 5.17. The Kier molecular flexibility index (Phi) is 5.13. The molecule has 0 heterocycles. The first-order chi connectivity index (χ1) is 8.11. The number of ether oxygens (including phenoxy) is 2. The van der Waals surface area contributed by atoms with E-state index < -0.39 is 18.4 Å². The van der Waals surface area contributed by atoms with Crippen LogP contribution in [0.25, 0.3) is 0 Å².